The number of nitrogens with one attached hydrogen (secondary N) is 1. The van der Waals surface area contributed by atoms with Crippen LogP contribution in [0.25, 0.3) is 0 Å². The third-order valence-electron chi connectivity index (χ3n) is 7.46. The maximum absolute atomic E-state index is 13.0. The lowest BCUT2D eigenvalue weighted by atomic mass is 9.75. The highest BCUT2D eigenvalue weighted by Crippen LogP contribution is 2.41. The summed E-state index contributed by atoms with van der Waals surface area (Å²) in [4.78, 5) is 25.7. The van der Waals surface area contributed by atoms with Crippen molar-refractivity contribution in [3.05, 3.63) is 66.0 Å². The largest absolute Gasteiger partial charge is 0.487 e. The minimum Gasteiger partial charge on any atom is -0.487 e. The van der Waals surface area contributed by atoms with Gasteiger partial charge in [0.05, 0.1) is 30.3 Å². The smallest absolute Gasteiger partial charge is 0.326 e. The first-order valence-corrected chi connectivity index (χ1v) is 12.7. The number of hydrogen-bond acceptors (Lipinski definition) is 5. The Morgan fingerprint density at radius 3 is 2.69 bits per heavy atom. The fraction of sp³-hybridized carbons (Fsp3) is 0.429. The zero-order valence-electron chi connectivity index (χ0n) is 20.5. The number of fused-ring (bicyclic) bond motifs is 1. The van der Waals surface area contributed by atoms with Crippen LogP contribution in [0, 0.1) is 11.8 Å². The second kappa shape index (κ2) is 10.5. The summed E-state index contributed by atoms with van der Waals surface area (Å²) in [5, 5.41) is 19.5. The van der Waals surface area contributed by atoms with E-state index in [4.69, 9.17) is 9.84 Å². The zero-order valence-corrected chi connectivity index (χ0v) is 20.5. The fourth-order valence-electron chi connectivity index (χ4n) is 5.57. The summed E-state index contributed by atoms with van der Waals surface area (Å²) in [6.07, 6.45) is 15.1. The first-order chi connectivity index (χ1) is 17.5. The Morgan fingerprint density at radius 2 is 2.00 bits per heavy atom. The fourth-order valence-corrected chi connectivity index (χ4v) is 5.57. The second-order valence-electron chi connectivity index (χ2n) is 10.0. The molecule has 2 heterocycles. The van der Waals surface area contributed by atoms with E-state index < -0.39 is 5.97 Å². The van der Waals surface area contributed by atoms with Crippen LogP contribution in [0.3, 0.4) is 0 Å². The average Bonchev–Trinajstić information content (AvgIpc) is 2.88. The van der Waals surface area contributed by atoms with Gasteiger partial charge in [-0.2, -0.15) is 10.2 Å². The molecule has 36 heavy (non-hydrogen) atoms. The molecule has 2 aliphatic carbocycles. The van der Waals surface area contributed by atoms with Crippen LogP contribution in [-0.4, -0.2) is 40.0 Å². The second-order valence-corrected chi connectivity index (χ2v) is 10.0. The molecule has 2 atom stereocenters. The van der Waals surface area contributed by atoms with Crippen molar-refractivity contribution >= 4 is 23.4 Å². The molecule has 1 aromatic heterocycles. The molecular formula is C28H32N4O4. The van der Waals surface area contributed by atoms with Crippen molar-refractivity contribution in [1.29, 1.82) is 0 Å². The number of ether oxygens (including phenoxy) is 1. The Morgan fingerprint density at radius 1 is 1.17 bits per heavy atom. The van der Waals surface area contributed by atoms with E-state index in [2.05, 4.69) is 45.9 Å². The number of urea groups is 1. The number of amides is 2. The van der Waals surface area contributed by atoms with E-state index in [1.54, 1.807) is 17.2 Å². The number of allylic oxidation sites excluding steroid dienone is 4. The van der Waals surface area contributed by atoms with Gasteiger partial charge in [0, 0.05) is 12.3 Å². The van der Waals surface area contributed by atoms with Crippen molar-refractivity contribution in [3.8, 4) is 5.75 Å². The molecule has 1 saturated carbocycles. The minimum absolute atomic E-state index is 0.126. The van der Waals surface area contributed by atoms with Gasteiger partial charge in [-0.1, -0.05) is 24.3 Å². The van der Waals surface area contributed by atoms with E-state index in [0.717, 1.165) is 37.8 Å². The number of carboxylic acids is 1. The molecule has 8 nitrogen and oxygen atoms in total. The molecule has 0 radical (unpaired) electrons. The number of carbonyl (C=O) groups excluding carboxylic acids is 1. The molecule has 5 rings (SSSR count). The number of anilines is 2. The molecule has 3 aliphatic rings. The van der Waals surface area contributed by atoms with E-state index in [1.807, 2.05) is 13.0 Å². The van der Waals surface area contributed by atoms with Crippen molar-refractivity contribution in [2.75, 3.05) is 16.8 Å². The molecule has 2 amide bonds. The molecule has 0 bridgehead atoms. The predicted molar refractivity (Wildman–Crippen MR) is 137 cm³/mol. The van der Waals surface area contributed by atoms with Crippen molar-refractivity contribution in [2.24, 2.45) is 11.8 Å². The molecule has 1 aromatic carbocycles. The Balaban J connectivity index is 1.24. The Hall–Kier alpha value is -3.68. The summed E-state index contributed by atoms with van der Waals surface area (Å²) < 4.78 is 6.12. The van der Waals surface area contributed by atoms with Gasteiger partial charge in [-0.3, -0.25) is 9.69 Å². The molecule has 2 N–H and O–H groups in total. The van der Waals surface area contributed by atoms with E-state index in [1.165, 1.54) is 17.3 Å². The summed E-state index contributed by atoms with van der Waals surface area (Å²) in [6, 6.07) is 7.59. The van der Waals surface area contributed by atoms with Crippen LogP contribution in [0.4, 0.5) is 16.2 Å². The van der Waals surface area contributed by atoms with Gasteiger partial charge < -0.3 is 15.2 Å². The maximum atomic E-state index is 13.0. The van der Waals surface area contributed by atoms with Crippen LogP contribution in [-0.2, 0) is 4.79 Å². The Labute approximate surface area is 211 Å². The van der Waals surface area contributed by atoms with Crippen LogP contribution < -0.4 is 15.0 Å². The van der Waals surface area contributed by atoms with E-state index in [0.29, 0.717) is 36.2 Å². The summed E-state index contributed by atoms with van der Waals surface area (Å²) in [7, 11) is 0. The molecule has 2 unspecified atom stereocenters. The highest BCUT2D eigenvalue weighted by atomic mass is 16.5. The van der Waals surface area contributed by atoms with Gasteiger partial charge in [-0.15, -0.1) is 0 Å². The van der Waals surface area contributed by atoms with Crippen molar-refractivity contribution in [1.82, 2.24) is 10.2 Å². The lowest BCUT2D eigenvalue weighted by Crippen LogP contribution is -2.44. The van der Waals surface area contributed by atoms with Gasteiger partial charge in [-0.25, -0.2) is 4.79 Å². The van der Waals surface area contributed by atoms with Crippen molar-refractivity contribution < 1.29 is 19.4 Å². The SMILES string of the molecule is CC1CN(C(=O)Nc2ccnnc2)c2ccc(C3C=CC(C4CCC(CC(=O)O)CC4)=CC3)cc2O1. The van der Waals surface area contributed by atoms with Crippen molar-refractivity contribution in [3.63, 3.8) is 0 Å². The van der Waals surface area contributed by atoms with E-state index >= 15 is 0 Å². The number of aromatic nitrogens is 2. The predicted octanol–water partition coefficient (Wildman–Crippen LogP) is 5.55. The maximum Gasteiger partial charge on any atom is 0.326 e. The molecule has 8 heteroatoms. The third-order valence-corrected chi connectivity index (χ3v) is 7.46. The number of benzene rings is 1. The number of aliphatic carboxylic acids is 1. The van der Waals surface area contributed by atoms with Gasteiger partial charge in [0.25, 0.3) is 0 Å². The Bertz CT molecular complexity index is 1170. The number of nitrogens with zero attached hydrogens (tertiary/aromatic N) is 3. The number of rotatable bonds is 5. The first kappa shape index (κ1) is 24.0. The van der Waals surface area contributed by atoms with Crippen LogP contribution in [0.15, 0.2) is 60.5 Å². The van der Waals surface area contributed by atoms with Gasteiger partial charge in [0.2, 0.25) is 0 Å². The van der Waals surface area contributed by atoms with E-state index in [-0.39, 0.29) is 18.1 Å². The zero-order chi connectivity index (χ0) is 25.1. The summed E-state index contributed by atoms with van der Waals surface area (Å²) in [5.74, 6) is 1.14. The molecule has 188 valence electrons. The van der Waals surface area contributed by atoms with Crippen molar-refractivity contribution in [2.45, 2.75) is 57.5 Å². The number of carbonyl (C=O) groups is 2. The van der Waals surface area contributed by atoms with Gasteiger partial charge in [-0.05, 0) is 80.2 Å². The molecular weight excluding hydrogens is 456 g/mol. The first-order valence-electron chi connectivity index (χ1n) is 12.7. The lowest BCUT2D eigenvalue weighted by Gasteiger charge is -2.34. The number of carboxylic acid groups (broad SMARTS) is 1. The summed E-state index contributed by atoms with van der Waals surface area (Å²) in [6.45, 7) is 2.42. The highest BCUT2D eigenvalue weighted by molar-refractivity contribution is 6.03. The average molecular weight is 489 g/mol. The monoisotopic (exact) mass is 488 g/mol. The topological polar surface area (TPSA) is 105 Å². The normalized spacial score (nSPS) is 25.4. The van der Waals surface area contributed by atoms with Crippen LogP contribution in [0.1, 0.15) is 56.9 Å². The molecule has 1 aliphatic heterocycles. The third kappa shape index (κ3) is 5.42. The molecule has 2 aromatic rings. The molecule has 0 saturated heterocycles. The van der Waals surface area contributed by atoms with E-state index in [9.17, 15) is 9.59 Å². The van der Waals surface area contributed by atoms with Gasteiger partial charge in [0.1, 0.15) is 11.9 Å². The van der Waals surface area contributed by atoms with Gasteiger partial charge >= 0.3 is 12.0 Å². The Kier molecular flexibility index (Phi) is 7.02. The number of hydrogen-bond donors (Lipinski definition) is 2. The summed E-state index contributed by atoms with van der Waals surface area (Å²) >= 11 is 0. The minimum atomic E-state index is -0.684. The van der Waals surface area contributed by atoms with Crippen LogP contribution in [0.2, 0.25) is 0 Å². The molecule has 0 spiro atoms. The standard InChI is InChI=1S/C28H32N4O4/c1-18-17-32(28(35)31-24-12-13-29-30-16-24)25-11-10-23(15-26(25)36-18)22-8-6-21(7-9-22)20-4-2-19(3-5-20)14-27(33)34/h6-8,10-13,15-16,18-20,22H,2-5,9,14,17H2,1H3,(H,33,34)(H,29,31,35). The highest BCUT2D eigenvalue weighted by Gasteiger charge is 2.29. The summed E-state index contributed by atoms with van der Waals surface area (Å²) in [5.41, 5.74) is 3.90. The quantitative estimate of drug-likeness (QED) is 0.572. The van der Waals surface area contributed by atoms with Crippen LogP contribution >= 0.6 is 0 Å². The van der Waals surface area contributed by atoms with Gasteiger partial charge in [0.15, 0.2) is 0 Å². The lowest BCUT2D eigenvalue weighted by molar-refractivity contribution is -0.138. The van der Waals surface area contributed by atoms with Crippen LogP contribution in [0.5, 0.6) is 5.75 Å². The molecule has 1 fully saturated rings.